The molecule has 0 spiro atoms. The number of hydrogen-bond acceptors (Lipinski definition) is 4. The van der Waals surface area contributed by atoms with Crippen LogP contribution in [0.5, 0.6) is 5.75 Å². The number of rotatable bonds is 3. The maximum atomic E-state index is 13.3. The molecule has 2 aromatic carbocycles. The summed E-state index contributed by atoms with van der Waals surface area (Å²) in [4.78, 5) is 24.2. The van der Waals surface area contributed by atoms with Gasteiger partial charge in [0.25, 0.3) is 5.91 Å². The molecule has 0 N–H and O–H groups in total. The number of para-hydroxylation sites is 2. The van der Waals surface area contributed by atoms with E-state index in [1.165, 1.54) is 0 Å². The highest BCUT2D eigenvalue weighted by molar-refractivity contribution is 5.94. The molecule has 1 saturated heterocycles. The second-order valence-corrected chi connectivity index (χ2v) is 6.88. The number of likely N-dealkylation sites (tertiary alicyclic amines) is 1. The van der Waals surface area contributed by atoms with Gasteiger partial charge in [0.1, 0.15) is 11.4 Å². The van der Waals surface area contributed by atoms with Crippen LogP contribution in [0.1, 0.15) is 47.8 Å². The molecule has 1 atom stereocenters. The molecule has 1 unspecified atom stereocenters. The minimum Gasteiger partial charge on any atom is -0.497 e. The van der Waals surface area contributed by atoms with Gasteiger partial charge in [-0.3, -0.25) is 9.78 Å². The van der Waals surface area contributed by atoms with Gasteiger partial charge in [-0.15, -0.1) is 0 Å². The summed E-state index contributed by atoms with van der Waals surface area (Å²) in [6.07, 6.45) is 5.82. The second kappa shape index (κ2) is 7.74. The van der Waals surface area contributed by atoms with Gasteiger partial charge in [0, 0.05) is 6.54 Å². The van der Waals surface area contributed by atoms with Gasteiger partial charge in [0.05, 0.1) is 30.4 Å². The van der Waals surface area contributed by atoms with E-state index in [9.17, 15) is 4.79 Å². The second-order valence-electron chi connectivity index (χ2n) is 6.88. The van der Waals surface area contributed by atoms with Gasteiger partial charge in [-0.2, -0.15) is 0 Å². The minimum atomic E-state index is -0.0454. The van der Waals surface area contributed by atoms with Crippen LogP contribution in [0.2, 0.25) is 0 Å². The van der Waals surface area contributed by atoms with Crippen LogP contribution in [0.4, 0.5) is 0 Å². The van der Waals surface area contributed by atoms with Crippen molar-refractivity contribution in [2.45, 2.75) is 31.7 Å². The molecule has 0 bridgehead atoms. The van der Waals surface area contributed by atoms with Crippen molar-refractivity contribution in [1.29, 1.82) is 0 Å². The normalized spacial score (nSPS) is 17.5. The Balaban J connectivity index is 1.67. The summed E-state index contributed by atoms with van der Waals surface area (Å²) in [5, 5.41) is 0. The summed E-state index contributed by atoms with van der Waals surface area (Å²) < 4.78 is 5.27. The van der Waals surface area contributed by atoms with Crippen LogP contribution in [-0.4, -0.2) is 34.4 Å². The fourth-order valence-electron chi connectivity index (χ4n) is 3.73. The maximum absolute atomic E-state index is 13.3. The van der Waals surface area contributed by atoms with E-state index in [-0.39, 0.29) is 11.9 Å². The van der Waals surface area contributed by atoms with Gasteiger partial charge in [0.15, 0.2) is 0 Å². The molecule has 1 amide bonds. The van der Waals surface area contributed by atoms with E-state index >= 15 is 0 Å². The van der Waals surface area contributed by atoms with Crippen molar-refractivity contribution in [3.8, 4) is 5.75 Å². The van der Waals surface area contributed by atoms with Gasteiger partial charge >= 0.3 is 0 Å². The van der Waals surface area contributed by atoms with Crippen molar-refractivity contribution in [2.75, 3.05) is 13.7 Å². The van der Waals surface area contributed by atoms with Gasteiger partial charge in [-0.25, -0.2) is 4.98 Å². The maximum Gasteiger partial charge on any atom is 0.274 e. The van der Waals surface area contributed by atoms with E-state index < -0.39 is 0 Å². The van der Waals surface area contributed by atoms with E-state index in [2.05, 4.69) is 22.1 Å². The number of fused-ring (bicyclic) bond motifs is 1. The van der Waals surface area contributed by atoms with Gasteiger partial charge in [-0.1, -0.05) is 37.1 Å². The van der Waals surface area contributed by atoms with Crippen LogP contribution in [0.25, 0.3) is 11.0 Å². The third kappa shape index (κ3) is 3.63. The molecule has 1 aliphatic heterocycles. The number of carbonyl (C=O) groups is 1. The van der Waals surface area contributed by atoms with Crippen molar-refractivity contribution < 1.29 is 9.53 Å². The molecule has 2 heterocycles. The van der Waals surface area contributed by atoms with Crippen molar-refractivity contribution >= 4 is 16.9 Å². The predicted octanol–water partition coefficient (Wildman–Crippen LogP) is 4.40. The lowest BCUT2D eigenvalue weighted by molar-refractivity contribution is 0.0675. The largest absolute Gasteiger partial charge is 0.497 e. The van der Waals surface area contributed by atoms with Gasteiger partial charge in [-0.05, 0) is 42.7 Å². The molecule has 0 radical (unpaired) electrons. The van der Waals surface area contributed by atoms with E-state index in [1.54, 1.807) is 13.3 Å². The predicted molar refractivity (Wildman–Crippen MR) is 105 cm³/mol. The van der Waals surface area contributed by atoms with Crippen LogP contribution in [0.3, 0.4) is 0 Å². The molecule has 0 aliphatic carbocycles. The van der Waals surface area contributed by atoms with E-state index in [0.29, 0.717) is 5.69 Å². The first-order valence-corrected chi connectivity index (χ1v) is 9.43. The molecule has 1 fully saturated rings. The van der Waals surface area contributed by atoms with E-state index in [0.717, 1.165) is 54.6 Å². The monoisotopic (exact) mass is 361 g/mol. The third-order valence-electron chi connectivity index (χ3n) is 5.18. The molecular weight excluding hydrogens is 338 g/mol. The van der Waals surface area contributed by atoms with Crippen LogP contribution in [-0.2, 0) is 0 Å². The average Bonchev–Trinajstić information content (AvgIpc) is 2.99. The Kier molecular flexibility index (Phi) is 5.01. The van der Waals surface area contributed by atoms with Crippen LogP contribution in [0.15, 0.2) is 54.7 Å². The Hall–Kier alpha value is -2.95. The number of carbonyl (C=O) groups excluding carboxylic acids is 1. The summed E-state index contributed by atoms with van der Waals surface area (Å²) in [6, 6.07) is 15.7. The first-order valence-electron chi connectivity index (χ1n) is 9.43. The lowest BCUT2D eigenvalue weighted by Gasteiger charge is -2.30. The number of benzene rings is 2. The smallest absolute Gasteiger partial charge is 0.274 e. The molecule has 5 nitrogen and oxygen atoms in total. The molecule has 0 saturated carbocycles. The summed E-state index contributed by atoms with van der Waals surface area (Å²) in [5.74, 6) is 0.779. The number of aromatic nitrogens is 2. The zero-order valence-electron chi connectivity index (χ0n) is 15.5. The Morgan fingerprint density at radius 3 is 2.59 bits per heavy atom. The lowest BCUT2D eigenvalue weighted by atomic mass is 10.0. The highest BCUT2D eigenvalue weighted by Gasteiger charge is 2.28. The Morgan fingerprint density at radius 2 is 1.81 bits per heavy atom. The summed E-state index contributed by atoms with van der Waals surface area (Å²) >= 11 is 0. The number of methoxy groups -OCH3 is 1. The fourth-order valence-corrected chi connectivity index (χ4v) is 3.73. The first kappa shape index (κ1) is 17.5. The van der Waals surface area contributed by atoms with Crippen molar-refractivity contribution in [3.63, 3.8) is 0 Å². The Labute approximate surface area is 159 Å². The van der Waals surface area contributed by atoms with Gasteiger partial charge in [0.2, 0.25) is 0 Å². The summed E-state index contributed by atoms with van der Waals surface area (Å²) in [5.41, 5.74) is 3.10. The third-order valence-corrected chi connectivity index (χ3v) is 5.18. The standard InChI is InChI=1S/C22H23N3O2/c1-27-17-12-10-16(11-13-17)21-9-3-2-6-14-25(21)22(26)20-15-23-18-7-4-5-8-19(18)24-20/h4-5,7-8,10-13,15,21H,2-3,6,9,14H2,1H3. The van der Waals surface area contributed by atoms with Gasteiger partial charge < -0.3 is 9.64 Å². The van der Waals surface area contributed by atoms with Crippen molar-refractivity contribution in [3.05, 3.63) is 66.0 Å². The number of hydrogen-bond donors (Lipinski definition) is 0. The molecular formula is C22H23N3O2. The molecule has 1 aliphatic rings. The SMILES string of the molecule is COc1ccc(C2CCCCCN2C(=O)c2cnc3ccccc3n2)cc1. The number of ether oxygens (including phenoxy) is 1. The summed E-state index contributed by atoms with van der Waals surface area (Å²) in [7, 11) is 1.66. The quantitative estimate of drug-likeness (QED) is 0.694. The highest BCUT2D eigenvalue weighted by Crippen LogP contribution is 2.32. The fraction of sp³-hybridized carbons (Fsp3) is 0.318. The van der Waals surface area contributed by atoms with Crippen LogP contribution >= 0.6 is 0 Å². The zero-order valence-corrected chi connectivity index (χ0v) is 15.5. The zero-order chi connectivity index (χ0) is 18.6. The first-order chi connectivity index (χ1) is 13.3. The Bertz CT molecular complexity index is 940. The molecule has 5 heteroatoms. The van der Waals surface area contributed by atoms with Crippen molar-refractivity contribution in [1.82, 2.24) is 14.9 Å². The minimum absolute atomic E-state index is 0.0454. The van der Waals surface area contributed by atoms with E-state index in [1.807, 2.05) is 41.3 Å². The number of nitrogens with zero attached hydrogens (tertiary/aromatic N) is 3. The van der Waals surface area contributed by atoms with E-state index in [4.69, 9.17) is 4.74 Å². The average molecular weight is 361 g/mol. The highest BCUT2D eigenvalue weighted by atomic mass is 16.5. The lowest BCUT2D eigenvalue weighted by Crippen LogP contribution is -2.35. The molecule has 1 aromatic heterocycles. The molecule has 4 rings (SSSR count). The summed E-state index contributed by atoms with van der Waals surface area (Å²) in [6.45, 7) is 0.740. The van der Waals surface area contributed by atoms with Crippen molar-refractivity contribution in [2.24, 2.45) is 0 Å². The Morgan fingerprint density at radius 1 is 1.04 bits per heavy atom. The van der Waals surface area contributed by atoms with Crippen LogP contribution < -0.4 is 4.74 Å². The molecule has 3 aromatic rings. The topological polar surface area (TPSA) is 55.3 Å². The molecule has 138 valence electrons. The molecule has 27 heavy (non-hydrogen) atoms. The number of amides is 1. The van der Waals surface area contributed by atoms with Crippen LogP contribution in [0, 0.1) is 0 Å².